The van der Waals surface area contributed by atoms with Crippen molar-refractivity contribution in [2.75, 3.05) is 7.11 Å². The number of hydrogen-bond donors (Lipinski definition) is 1. The third-order valence-corrected chi connectivity index (χ3v) is 7.22. The maximum atomic E-state index is 12.8. The largest absolute Gasteiger partial charge is 0.494 e. The van der Waals surface area contributed by atoms with E-state index in [2.05, 4.69) is 33.9 Å². The molecule has 1 amide bonds. The molecule has 0 spiro atoms. The molecule has 5 nitrogen and oxygen atoms in total. The van der Waals surface area contributed by atoms with E-state index in [1.54, 1.807) is 25.3 Å². The molecule has 1 aromatic heterocycles. The third-order valence-electron chi connectivity index (χ3n) is 5.82. The molecule has 1 N–H and O–H groups in total. The summed E-state index contributed by atoms with van der Waals surface area (Å²) in [6.07, 6.45) is 1.94. The van der Waals surface area contributed by atoms with Crippen LogP contribution in [0, 0.1) is 6.92 Å². The summed E-state index contributed by atoms with van der Waals surface area (Å²) in [6.45, 7) is 2.78. The first kappa shape index (κ1) is 23.5. The Kier molecular flexibility index (Phi) is 6.60. The van der Waals surface area contributed by atoms with Crippen molar-refractivity contribution in [1.82, 2.24) is 9.88 Å². The topological polar surface area (TPSA) is 55.6 Å². The van der Waals surface area contributed by atoms with Gasteiger partial charge in [0, 0.05) is 38.8 Å². The Morgan fingerprint density at radius 2 is 1.80 bits per heavy atom. The van der Waals surface area contributed by atoms with Crippen LogP contribution in [0.15, 0.2) is 76.6 Å². The molecule has 0 atom stereocenters. The number of thioether (sulfide) groups is 1. The molecule has 176 valence electrons. The van der Waals surface area contributed by atoms with Crippen molar-refractivity contribution in [2.24, 2.45) is 4.99 Å². The Balaban J connectivity index is 1.52. The van der Waals surface area contributed by atoms with E-state index in [9.17, 15) is 4.79 Å². The molecule has 3 aromatic carbocycles. The molecule has 5 rings (SSSR count). The van der Waals surface area contributed by atoms with Gasteiger partial charge < -0.3 is 14.6 Å². The Labute approximate surface area is 217 Å². The van der Waals surface area contributed by atoms with Gasteiger partial charge in [-0.15, -0.1) is 0 Å². The first-order valence-corrected chi connectivity index (χ1v) is 12.5. The van der Waals surface area contributed by atoms with E-state index in [4.69, 9.17) is 27.9 Å². The van der Waals surface area contributed by atoms with Crippen LogP contribution in [0.1, 0.15) is 16.8 Å². The second kappa shape index (κ2) is 9.82. The van der Waals surface area contributed by atoms with E-state index in [1.807, 2.05) is 42.5 Å². The average molecular weight is 522 g/mol. The van der Waals surface area contributed by atoms with Crippen molar-refractivity contribution in [3.8, 4) is 5.75 Å². The zero-order chi connectivity index (χ0) is 24.5. The van der Waals surface area contributed by atoms with E-state index in [-0.39, 0.29) is 5.91 Å². The normalized spacial score (nSPS) is 15.8. The van der Waals surface area contributed by atoms with E-state index < -0.39 is 0 Å². The number of amides is 1. The Morgan fingerprint density at radius 1 is 1.06 bits per heavy atom. The van der Waals surface area contributed by atoms with Gasteiger partial charge in [-0.1, -0.05) is 53.5 Å². The molecule has 0 saturated carbocycles. The molecular formula is C27H21Cl2N3O2S. The quantitative estimate of drug-likeness (QED) is 0.282. The highest BCUT2D eigenvalue weighted by atomic mass is 35.5. The first-order valence-electron chi connectivity index (χ1n) is 10.9. The van der Waals surface area contributed by atoms with E-state index >= 15 is 0 Å². The number of carbonyl (C=O) groups is 1. The minimum atomic E-state index is -0.191. The van der Waals surface area contributed by atoms with Gasteiger partial charge in [-0.05, 0) is 66.7 Å². The molecule has 35 heavy (non-hydrogen) atoms. The molecule has 0 bridgehead atoms. The van der Waals surface area contributed by atoms with Crippen molar-refractivity contribution in [3.05, 3.63) is 98.5 Å². The van der Waals surface area contributed by atoms with E-state index in [1.165, 1.54) is 11.8 Å². The number of fused-ring (bicyclic) bond motifs is 1. The van der Waals surface area contributed by atoms with Gasteiger partial charge in [0.15, 0.2) is 5.17 Å². The van der Waals surface area contributed by atoms with Crippen molar-refractivity contribution in [1.29, 1.82) is 0 Å². The average Bonchev–Trinajstić information content (AvgIpc) is 3.32. The number of nitrogens with one attached hydrogen (secondary N) is 1. The number of ether oxygens (including phenoxy) is 1. The van der Waals surface area contributed by atoms with Crippen molar-refractivity contribution in [3.63, 3.8) is 0 Å². The van der Waals surface area contributed by atoms with Crippen LogP contribution in [-0.2, 0) is 11.3 Å². The lowest BCUT2D eigenvalue weighted by Crippen LogP contribution is -2.19. The molecule has 0 unspecified atom stereocenters. The monoisotopic (exact) mass is 521 g/mol. The molecular weight excluding hydrogens is 501 g/mol. The van der Waals surface area contributed by atoms with Gasteiger partial charge in [0.05, 0.1) is 12.0 Å². The van der Waals surface area contributed by atoms with Crippen molar-refractivity contribution >= 4 is 68.7 Å². The lowest BCUT2D eigenvalue weighted by atomic mass is 10.1. The fraction of sp³-hybridized carbons (Fsp3) is 0.111. The summed E-state index contributed by atoms with van der Waals surface area (Å²) < 4.78 is 7.63. The molecule has 1 aliphatic rings. The maximum Gasteiger partial charge on any atom is 0.264 e. The lowest BCUT2D eigenvalue weighted by molar-refractivity contribution is -0.115. The number of benzene rings is 3. The second-order valence-electron chi connectivity index (χ2n) is 8.03. The third kappa shape index (κ3) is 4.82. The van der Waals surface area contributed by atoms with Gasteiger partial charge in [0.25, 0.3) is 5.91 Å². The summed E-state index contributed by atoms with van der Waals surface area (Å²) in [4.78, 5) is 18.0. The highest BCUT2D eigenvalue weighted by Gasteiger charge is 2.25. The molecule has 8 heteroatoms. The minimum Gasteiger partial charge on any atom is -0.494 e. The molecule has 4 aromatic rings. The van der Waals surface area contributed by atoms with Crippen LogP contribution in [-0.4, -0.2) is 22.8 Å². The number of amidine groups is 1. The van der Waals surface area contributed by atoms with Gasteiger partial charge in [-0.3, -0.25) is 4.79 Å². The summed E-state index contributed by atoms with van der Waals surface area (Å²) in [7, 11) is 1.57. The highest BCUT2D eigenvalue weighted by molar-refractivity contribution is 8.18. The zero-order valence-corrected chi connectivity index (χ0v) is 21.3. The van der Waals surface area contributed by atoms with Crippen LogP contribution < -0.4 is 10.1 Å². The number of nitrogens with zero attached hydrogens (tertiary/aromatic N) is 2. The summed E-state index contributed by atoms with van der Waals surface area (Å²) in [5.74, 6) is 0.388. The van der Waals surface area contributed by atoms with E-state index in [0.717, 1.165) is 27.7 Å². The van der Waals surface area contributed by atoms with Gasteiger partial charge in [0.2, 0.25) is 0 Å². The zero-order valence-electron chi connectivity index (χ0n) is 19.0. The van der Waals surface area contributed by atoms with E-state index in [0.29, 0.717) is 38.1 Å². The number of aromatic nitrogens is 1. The predicted octanol–water partition coefficient (Wildman–Crippen LogP) is 7.21. The lowest BCUT2D eigenvalue weighted by Gasteiger charge is -2.09. The highest BCUT2D eigenvalue weighted by Crippen LogP contribution is 2.36. The van der Waals surface area contributed by atoms with Crippen LogP contribution in [0.3, 0.4) is 0 Å². The predicted molar refractivity (Wildman–Crippen MR) is 146 cm³/mol. The molecule has 2 heterocycles. The van der Waals surface area contributed by atoms with Crippen molar-refractivity contribution < 1.29 is 9.53 Å². The van der Waals surface area contributed by atoms with Crippen LogP contribution in [0.5, 0.6) is 5.75 Å². The fourth-order valence-corrected chi connectivity index (χ4v) is 5.20. The smallest absolute Gasteiger partial charge is 0.264 e. The molecule has 1 aliphatic heterocycles. The van der Waals surface area contributed by atoms with Gasteiger partial charge in [-0.25, -0.2) is 4.99 Å². The Bertz CT molecular complexity index is 1510. The van der Waals surface area contributed by atoms with Crippen LogP contribution in [0.4, 0.5) is 5.69 Å². The number of hydrogen-bond acceptors (Lipinski definition) is 4. The minimum absolute atomic E-state index is 0.191. The SMILES string of the molecule is COc1ccc(Cl)cc1N=C1NC(=O)/C(=C/c2c(C)n(Cc3ccc(Cl)cc3)c3ccccc23)S1. The number of rotatable bonds is 5. The summed E-state index contributed by atoms with van der Waals surface area (Å²) >= 11 is 13.5. The first-order chi connectivity index (χ1) is 16.9. The fourth-order valence-electron chi connectivity index (χ4n) is 4.09. The summed E-state index contributed by atoms with van der Waals surface area (Å²) in [5.41, 5.74) is 4.89. The number of aliphatic imine (C=N–C) groups is 1. The maximum absolute atomic E-state index is 12.8. The van der Waals surface area contributed by atoms with Gasteiger partial charge >= 0.3 is 0 Å². The number of halogens is 2. The summed E-state index contributed by atoms with van der Waals surface area (Å²) in [5, 5.41) is 5.67. The standard InChI is InChI=1S/C27H21Cl2N3O2S/c1-16-21(20-5-3-4-6-23(20)32(16)15-17-7-9-18(28)10-8-17)14-25-26(33)31-27(35-25)30-22-13-19(29)11-12-24(22)34-2/h3-14H,15H2,1-2H3,(H,30,31,33)/b25-14-. The Morgan fingerprint density at radius 3 is 2.57 bits per heavy atom. The number of methoxy groups -OCH3 is 1. The van der Waals surface area contributed by atoms with Gasteiger partial charge in [0.1, 0.15) is 11.4 Å². The molecule has 1 fully saturated rings. The molecule has 0 aliphatic carbocycles. The molecule has 1 saturated heterocycles. The second-order valence-corrected chi connectivity index (χ2v) is 9.93. The van der Waals surface area contributed by atoms with Crippen LogP contribution >= 0.6 is 35.0 Å². The number of carbonyl (C=O) groups excluding carboxylic acids is 1. The van der Waals surface area contributed by atoms with Crippen molar-refractivity contribution in [2.45, 2.75) is 13.5 Å². The summed E-state index contributed by atoms with van der Waals surface area (Å²) in [6, 6.07) is 21.3. The molecule has 0 radical (unpaired) electrons. The Hall–Kier alpha value is -3.19. The van der Waals surface area contributed by atoms with Crippen LogP contribution in [0.25, 0.3) is 17.0 Å². The van der Waals surface area contributed by atoms with Gasteiger partial charge in [-0.2, -0.15) is 0 Å². The van der Waals surface area contributed by atoms with Crippen LogP contribution in [0.2, 0.25) is 10.0 Å². The number of para-hydroxylation sites is 1.